The quantitative estimate of drug-likeness (QED) is 0.773. The van der Waals surface area contributed by atoms with Crippen LogP contribution in [0.5, 0.6) is 0 Å². The van der Waals surface area contributed by atoms with Crippen molar-refractivity contribution in [2.75, 3.05) is 6.54 Å². The standard InChI is InChI=1S/C22H27NO2S/c1-18-9-11-21(12-10-18)26(24,25)23-16-13-20(19-7-3-2-4-8-19)17-22(23)14-5-6-15-22/h2-4,7-12,20H,5-6,13-17H2,1H3. The van der Waals surface area contributed by atoms with Crippen molar-refractivity contribution in [1.82, 2.24) is 4.31 Å². The zero-order valence-corrected chi connectivity index (χ0v) is 16.2. The number of piperidine rings is 1. The molecule has 1 aliphatic carbocycles. The summed E-state index contributed by atoms with van der Waals surface area (Å²) in [5, 5.41) is 0. The van der Waals surface area contributed by atoms with Crippen LogP contribution in [0.15, 0.2) is 59.5 Å². The van der Waals surface area contributed by atoms with Gasteiger partial charge in [-0.25, -0.2) is 8.42 Å². The smallest absolute Gasteiger partial charge is 0.207 e. The van der Waals surface area contributed by atoms with E-state index in [0.717, 1.165) is 44.1 Å². The molecule has 2 aliphatic rings. The van der Waals surface area contributed by atoms with Gasteiger partial charge in [-0.2, -0.15) is 4.31 Å². The molecular weight excluding hydrogens is 342 g/mol. The Labute approximate surface area is 157 Å². The van der Waals surface area contributed by atoms with Crippen LogP contribution in [0.2, 0.25) is 0 Å². The number of aryl methyl sites for hydroxylation is 1. The maximum absolute atomic E-state index is 13.4. The number of hydrogen-bond donors (Lipinski definition) is 0. The van der Waals surface area contributed by atoms with Crippen molar-refractivity contribution in [3.8, 4) is 0 Å². The summed E-state index contributed by atoms with van der Waals surface area (Å²) in [5.74, 6) is 0.457. The molecule has 0 aromatic heterocycles. The molecule has 1 spiro atoms. The molecule has 2 aromatic rings. The number of benzene rings is 2. The topological polar surface area (TPSA) is 37.4 Å². The van der Waals surface area contributed by atoms with Crippen molar-refractivity contribution in [3.63, 3.8) is 0 Å². The van der Waals surface area contributed by atoms with E-state index in [2.05, 4.69) is 24.3 Å². The van der Waals surface area contributed by atoms with Crippen LogP contribution < -0.4 is 0 Å². The van der Waals surface area contributed by atoms with Gasteiger partial charge in [-0.05, 0) is 56.2 Å². The summed E-state index contributed by atoms with van der Waals surface area (Å²) in [6, 6.07) is 17.9. The highest BCUT2D eigenvalue weighted by molar-refractivity contribution is 7.89. The van der Waals surface area contributed by atoms with Gasteiger partial charge in [-0.1, -0.05) is 60.9 Å². The van der Waals surface area contributed by atoms with Crippen molar-refractivity contribution in [3.05, 3.63) is 65.7 Å². The van der Waals surface area contributed by atoms with E-state index >= 15 is 0 Å². The van der Waals surface area contributed by atoms with Crippen LogP contribution in [0.4, 0.5) is 0 Å². The second-order valence-electron chi connectivity index (χ2n) is 7.92. The van der Waals surface area contributed by atoms with Crippen LogP contribution in [0.25, 0.3) is 0 Å². The molecule has 1 heterocycles. The normalized spacial score (nSPS) is 23.3. The average Bonchev–Trinajstić information content (AvgIpc) is 3.11. The van der Waals surface area contributed by atoms with Gasteiger partial charge in [0.25, 0.3) is 0 Å². The second-order valence-corrected chi connectivity index (χ2v) is 9.78. The summed E-state index contributed by atoms with van der Waals surface area (Å²) < 4.78 is 28.7. The molecule has 138 valence electrons. The Balaban J connectivity index is 1.67. The molecule has 3 nitrogen and oxygen atoms in total. The van der Waals surface area contributed by atoms with Gasteiger partial charge in [0, 0.05) is 12.1 Å². The molecule has 2 fully saturated rings. The third-order valence-electron chi connectivity index (χ3n) is 6.25. The van der Waals surface area contributed by atoms with E-state index in [9.17, 15) is 8.42 Å². The van der Waals surface area contributed by atoms with Crippen molar-refractivity contribution in [1.29, 1.82) is 0 Å². The summed E-state index contributed by atoms with van der Waals surface area (Å²) in [7, 11) is -3.44. The van der Waals surface area contributed by atoms with Crippen LogP contribution in [0.3, 0.4) is 0 Å². The van der Waals surface area contributed by atoms with Gasteiger partial charge in [0.15, 0.2) is 0 Å². The largest absolute Gasteiger partial charge is 0.243 e. The molecule has 0 radical (unpaired) electrons. The molecule has 2 aromatic carbocycles. The van der Waals surface area contributed by atoms with E-state index in [1.165, 1.54) is 5.56 Å². The van der Waals surface area contributed by atoms with Gasteiger partial charge in [-0.15, -0.1) is 0 Å². The van der Waals surface area contributed by atoms with Gasteiger partial charge in [0.2, 0.25) is 10.0 Å². The maximum atomic E-state index is 13.4. The SMILES string of the molecule is Cc1ccc(S(=O)(=O)N2CCC(c3ccccc3)CC23CCCC3)cc1. The maximum Gasteiger partial charge on any atom is 0.243 e. The van der Waals surface area contributed by atoms with E-state index in [-0.39, 0.29) is 5.54 Å². The van der Waals surface area contributed by atoms with Crippen LogP contribution in [-0.4, -0.2) is 24.8 Å². The molecule has 4 heteroatoms. The molecule has 1 aliphatic heterocycles. The molecule has 26 heavy (non-hydrogen) atoms. The Morgan fingerprint density at radius 2 is 1.62 bits per heavy atom. The third-order valence-corrected chi connectivity index (χ3v) is 8.27. The number of rotatable bonds is 3. The van der Waals surface area contributed by atoms with Crippen molar-refractivity contribution >= 4 is 10.0 Å². The highest BCUT2D eigenvalue weighted by Crippen LogP contribution is 2.48. The lowest BCUT2D eigenvalue weighted by Gasteiger charge is -2.47. The Morgan fingerprint density at radius 1 is 0.962 bits per heavy atom. The molecule has 1 unspecified atom stereocenters. The first-order chi connectivity index (χ1) is 12.5. The van der Waals surface area contributed by atoms with Gasteiger partial charge in [0.1, 0.15) is 0 Å². The van der Waals surface area contributed by atoms with E-state index in [1.54, 1.807) is 12.1 Å². The van der Waals surface area contributed by atoms with Crippen LogP contribution in [0, 0.1) is 6.92 Å². The van der Waals surface area contributed by atoms with Gasteiger partial charge in [-0.3, -0.25) is 0 Å². The molecule has 0 N–H and O–H groups in total. The molecule has 1 saturated heterocycles. The molecule has 1 saturated carbocycles. The highest BCUT2D eigenvalue weighted by atomic mass is 32.2. The Morgan fingerprint density at radius 3 is 2.27 bits per heavy atom. The first kappa shape index (κ1) is 17.7. The summed E-state index contributed by atoms with van der Waals surface area (Å²) in [6.45, 7) is 2.61. The Bertz CT molecular complexity index is 853. The number of hydrogen-bond acceptors (Lipinski definition) is 2. The predicted molar refractivity (Wildman–Crippen MR) is 105 cm³/mol. The Hall–Kier alpha value is -1.65. The fourth-order valence-corrected chi connectivity index (χ4v) is 6.73. The first-order valence-corrected chi connectivity index (χ1v) is 11.1. The summed E-state index contributed by atoms with van der Waals surface area (Å²) in [6.07, 6.45) is 6.07. The van der Waals surface area contributed by atoms with E-state index in [1.807, 2.05) is 29.4 Å². The zero-order chi connectivity index (χ0) is 18.2. The van der Waals surface area contributed by atoms with Crippen LogP contribution in [-0.2, 0) is 10.0 Å². The minimum atomic E-state index is -3.44. The van der Waals surface area contributed by atoms with Gasteiger partial charge < -0.3 is 0 Å². The molecule has 0 bridgehead atoms. The number of nitrogens with zero attached hydrogens (tertiary/aromatic N) is 1. The molecular formula is C22H27NO2S. The molecule has 1 atom stereocenters. The van der Waals surface area contributed by atoms with Gasteiger partial charge >= 0.3 is 0 Å². The highest BCUT2D eigenvalue weighted by Gasteiger charge is 2.49. The number of sulfonamides is 1. The fourth-order valence-electron chi connectivity index (χ4n) is 4.88. The van der Waals surface area contributed by atoms with Crippen molar-refractivity contribution in [2.24, 2.45) is 0 Å². The molecule has 0 amide bonds. The first-order valence-electron chi connectivity index (χ1n) is 9.66. The average molecular weight is 370 g/mol. The second kappa shape index (κ2) is 6.82. The zero-order valence-electron chi connectivity index (χ0n) is 15.4. The lowest BCUT2D eigenvalue weighted by molar-refractivity contribution is 0.122. The minimum absolute atomic E-state index is 0.206. The lowest BCUT2D eigenvalue weighted by Crippen LogP contribution is -2.54. The summed E-state index contributed by atoms with van der Waals surface area (Å²) in [4.78, 5) is 0.438. The van der Waals surface area contributed by atoms with Crippen molar-refractivity contribution < 1.29 is 8.42 Å². The Kier molecular flexibility index (Phi) is 4.66. The van der Waals surface area contributed by atoms with Crippen molar-refractivity contribution in [2.45, 2.75) is 61.8 Å². The summed E-state index contributed by atoms with van der Waals surface area (Å²) in [5.41, 5.74) is 2.23. The monoisotopic (exact) mass is 369 g/mol. The third kappa shape index (κ3) is 3.10. The van der Waals surface area contributed by atoms with E-state index in [4.69, 9.17) is 0 Å². The van der Waals surface area contributed by atoms with Crippen LogP contribution >= 0.6 is 0 Å². The molecule has 4 rings (SSSR count). The van der Waals surface area contributed by atoms with E-state index < -0.39 is 10.0 Å². The van der Waals surface area contributed by atoms with Gasteiger partial charge in [0.05, 0.1) is 4.90 Å². The fraction of sp³-hybridized carbons (Fsp3) is 0.455. The minimum Gasteiger partial charge on any atom is -0.207 e. The predicted octanol–water partition coefficient (Wildman–Crippen LogP) is 4.88. The summed E-state index contributed by atoms with van der Waals surface area (Å²) >= 11 is 0. The van der Waals surface area contributed by atoms with E-state index in [0.29, 0.717) is 17.4 Å². The van der Waals surface area contributed by atoms with Crippen LogP contribution in [0.1, 0.15) is 55.6 Å². The lowest BCUT2D eigenvalue weighted by atomic mass is 9.77.